The lowest BCUT2D eigenvalue weighted by Crippen LogP contribution is -2.50. The second-order valence-corrected chi connectivity index (χ2v) is 6.90. The van der Waals surface area contributed by atoms with Gasteiger partial charge in [0.05, 0.1) is 6.61 Å². The van der Waals surface area contributed by atoms with Crippen molar-refractivity contribution in [3.8, 4) is 0 Å². The SMILES string of the molecule is O=C(C1C2C3CCC(C3)C12)N1CCN(CCO)CC1. The minimum Gasteiger partial charge on any atom is -0.395 e. The monoisotopic (exact) mass is 264 g/mol. The number of hydrogen-bond acceptors (Lipinski definition) is 3. The highest BCUT2D eigenvalue weighted by Crippen LogP contribution is 2.69. The minimum atomic E-state index is 0.226. The number of amides is 1. The number of hydrogen-bond donors (Lipinski definition) is 1. The molecule has 1 heterocycles. The zero-order chi connectivity index (χ0) is 13.0. The molecule has 1 aliphatic heterocycles. The number of aliphatic hydroxyl groups is 1. The molecule has 0 aromatic heterocycles. The van der Waals surface area contributed by atoms with Crippen LogP contribution >= 0.6 is 0 Å². The van der Waals surface area contributed by atoms with Crippen LogP contribution in [-0.2, 0) is 4.79 Å². The molecule has 19 heavy (non-hydrogen) atoms. The molecular weight excluding hydrogens is 240 g/mol. The highest BCUT2D eigenvalue weighted by atomic mass is 16.3. The van der Waals surface area contributed by atoms with E-state index >= 15 is 0 Å². The molecule has 1 saturated heterocycles. The Morgan fingerprint density at radius 2 is 1.68 bits per heavy atom. The van der Waals surface area contributed by atoms with Gasteiger partial charge in [-0.15, -0.1) is 0 Å². The topological polar surface area (TPSA) is 43.8 Å². The summed E-state index contributed by atoms with van der Waals surface area (Å²) in [5.41, 5.74) is 0. The lowest BCUT2D eigenvalue weighted by atomic mass is 10.0. The van der Waals surface area contributed by atoms with Crippen molar-refractivity contribution in [3.05, 3.63) is 0 Å². The van der Waals surface area contributed by atoms with Crippen molar-refractivity contribution >= 4 is 5.91 Å². The van der Waals surface area contributed by atoms with E-state index in [9.17, 15) is 4.79 Å². The van der Waals surface area contributed by atoms with Gasteiger partial charge in [0.25, 0.3) is 0 Å². The highest BCUT2D eigenvalue weighted by Gasteiger charge is 2.67. The Morgan fingerprint density at radius 1 is 1.05 bits per heavy atom. The average Bonchev–Trinajstić information content (AvgIpc) is 2.87. The molecule has 106 valence electrons. The fourth-order valence-corrected chi connectivity index (χ4v) is 5.20. The van der Waals surface area contributed by atoms with Crippen molar-refractivity contribution in [1.82, 2.24) is 9.80 Å². The molecule has 2 bridgehead atoms. The first-order valence-electron chi connectivity index (χ1n) is 7.91. The van der Waals surface area contributed by atoms with Crippen LogP contribution in [0.2, 0.25) is 0 Å². The zero-order valence-electron chi connectivity index (χ0n) is 11.5. The van der Waals surface area contributed by atoms with Gasteiger partial charge in [0.1, 0.15) is 0 Å². The number of rotatable bonds is 3. The van der Waals surface area contributed by atoms with E-state index in [0.29, 0.717) is 11.8 Å². The van der Waals surface area contributed by atoms with Crippen LogP contribution in [0.5, 0.6) is 0 Å². The van der Waals surface area contributed by atoms with Crippen molar-refractivity contribution in [3.63, 3.8) is 0 Å². The maximum Gasteiger partial charge on any atom is 0.226 e. The molecule has 4 atom stereocenters. The first-order chi connectivity index (χ1) is 9.29. The fourth-order valence-electron chi connectivity index (χ4n) is 5.20. The van der Waals surface area contributed by atoms with Crippen LogP contribution in [0.25, 0.3) is 0 Å². The predicted octanol–water partition coefficient (Wildman–Crippen LogP) is 0.415. The molecule has 1 N–H and O–H groups in total. The predicted molar refractivity (Wildman–Crippen MR) is 71.4 cm³/mol. The van der Waals surface area contributed by atoms with Crippen molar-refractivity contribution in [1.29, 1.82) is 0 Å². The van der Waals surface area contributed by atoms with Gasteiger partial charge >= 0.3 is 0 Å². The van der Waals surface area contributed by atoms with Gasteiger partial charge in [-0.25, -0.2) is 0 Å². The molecule has 3 aliphatic carbocycles. The van der Waals surface area contributed by atoms with Crippen LogP contribution < -0.4 is 0 Å². The molecule has 0 aromatic rings. The van der Waals surface area contributed by atoms with Crippen LogP contribution in [0, 0.1) is 29.6 Å². The third kappa shape index (κ3) is 1.83. The van der Waals surface area contributed by atoms with Gasteiger partial charge in [-0.1, -0.05) is 0 Å². The highest BCUT2D eigenvalue weighted by molar-refractivity contribution is 5.83. The van der Waals surface area contributed by atoms with E-state index in [2.05, 4.69) is 9.80 Å². The Hall–Kier alpha value is -0.610. The van der Waals surface area contributed by atoms with Gasteiger partial charge in [0.15, 0.2) is 0 Å². The van der Waals surface area contributed by atoms with Gasteiger partial charge in [-0.05, 0) is 42.9 Å². The molecule has 4 heteroatoms. The van der Waals surface area contributed by atoms with Crippen LogP contribution in [0.1, 0.15) is 19.3 Å². The quantitative estimate of drug-likeness (QED) is 0.803. The molecular formula is C15H24N2O2. The number of fused-ring (bicyclic) bond motifs is 5. The average molecular weight is 264 g/mol. The first-order valence-corrected chi connectivity index (χ1v) is 7.91. The number of carbonyl (C=O) groups excluding carboxylic acids is 1. The minimum absolute atomic E-state index is 0.226. The lowest BCUT2D eigenvalue weighted by molar-refractivity contribution is -0.135. The van der Waals surface area contributed by atoms with Crippen LogP contribution in [0.15, 0.2) is 0 Å². The Kier molecular flexibility index (Phi) is 2.85. The van der Waals surface area contributed by atoms with E-state index in [4.69, 9.17) is 5.11 Å². The maximum absolute atomic E-state index is 12.6. The lowest BCUT2D eigenvalue weighted by Gasteiger charge is -2.35. The molecule has 3 saturated carbocycles. The summed E-state index contributed by atoms with van der Waals surface area (Å²) in [4.78, 5) is 17.0. The number of nitrogens with zero attached hydrogens (tertiary/aromatic N) is 2. The van der Waals surface area contributed by atoms with Crippen LogP contribution in [-0.4, -0.2) is 60.1 Å². The summed E-state index contributed by atoms with van der Waals surface area (Å²) in [5, 5.41) is 8.94. The molecule has 4 aliphatic rings. The number of carbonyl (C=O) groups is 1. The van der Waals surface area contributed by atoms with Gasteiger partial charge in [-0.3, -0.25) is 9.69 Å². The summed E-state index contributed by atoms with van der Waals surface area (Å²) < 4.78 is 0. The summed E-state index contributed by atoms with van der Waals surface area (Å²) in [6.45, 7) is 4.57. The zero-order valence-corrected chi connectivity index (χ0v) is 11.5. The van der Waals surface area contributed by atoms with Crippen molar-refractivity contribution in [2.24, 2.45) is 29.6 Å². The van der Waals surface area contributed by atoms with E-state index in [1.807, 2.05) is 0 Å². The second-order valence-electron chi connectivity index (χ2n) is 6.90. The molecule has 0 aromatic carbocycles. The Morgan fingerprint density at radius 3 is 2.26 bits per heavy atom. The van der Waals surface area contributed by atoms with E-state index in [1.165, 1.54) is 19.3 Å². The van der Waals surface area contributed by atoms with Crippen LogP contribution in [0.4, 0.5) is 0 Å². The largest absolute Gasteiger partial charge is 0.395 e. The maximum atomic E-state index is 12.6. The molecule has 0 radical (unpaired) electrons. The molecule has 4 nitrogen and oxygen atoms in total. The summed E-state index contributed by atoms with van der Waals surface area (Å²) in [6.07, 6.45) is 4.20. The Labute approximate surface area is 114 Å². The number of β-amino-alcohol motifs (C(OH)–C–C–N with tert-alkyl or cyclic N) is 1. The summed E-state index contributed by atoms with van der Waals surface area (Å²) >= 11 is 0. The summed E-state index contributed by atoms with van der Waals surface area (Å²) in [7, 11) is 0. The van der Waals surface area contributed by atoms with E-state index < -0.39 is 0 Å². The van der Waals surface area contributed by atoms with E-state index in [0.717, 1.165) is 56.4 Å². The van der Waals surface area contributed by atoms with Crippen molar-refractivity contribution in [2.75, 3.05) is 39.3 Å². The van der Waals surface area contributed by atoms with Gasteiger partial charge < -0.3 is 10.0 Å². The molecule has 4 unspecified atom stereocenters. The third-order valence-corrected chi connectivity index (χ3v) is 6.12. The molecule has 0 spiro atoms. The van der Waals surface area contributed by atoms with Crippen LogP contribution in [0.3, 0.4) is 0 Å². The first kappa shape index (κ1) is 12.2. The third-order valence-electron chi connectivity index (χ3n) is 6.12. The fraction of sp³-hybridized carbons (Fsp3) is 0.933. The summed E-state index contributed by atoms with van der Waals surface area (Å²) in [5.74, 6) is 4.16. The smallest absolute Gasteiger partial charge is 0.226 e. The molecule has 4 fully saturated rings. The van der Waals surface area contributed by atoms with Gasteiger partial charge in [0.2, 0.25) is 5.91 Å². The standard InChI is InChI=1S/C15H24N2O2/c18-8-7-16-3-5-17(6-4-16)15(19)14-12-10-1-2-11(9-10)13(12)14/h10-14,18H,1-9H2. The summed E-state index contributed by atoms with van der Waals surface area (Å²) in [6, 6.07) is 0. The van der Waals surface area contributed by atoms with Gasteiger partial charge in [-0.2, -0.15) is 0 Å². The van der Waals surface area contributed by atoms with Crippen molar-refractivity contribution < 1.29 is 9.90 Å². The Bertz CT molecular complexity index is 362. The Balaban J connectivity index is 1.34. The normalized spacial score (nSPS) is 44.5. The number of piperazine rings is 1. The second kappa shape index (κ2) is 4.45. The molecule has 1 amide bonds. The van der Waals surface area contributed by atoms with E-state index in [1.54, 1.807) is 0 Å². The van der Waals surface area contributed by atoms with Crippen molar-refractivity contribution in [2.45, 2.75) is 19.3 Å². The molecule has 4 rings (SSSR count). The van der Waals surface area contributed by atoms with E-state index in [-0.39, 0.29) is 6.61 Å². The van der Waals surface area contributed by atoms with Gasteiger partial charge in [0, 0.05) is 38.6 Å². The number of aliphatic hydroxyl groups excluding tert-OH is 1.